The van der Waals surface area contributed by atoms with Gasteiger partial charge in [0.05, 0.1) is 18.5 Å². The minimum Gasteiger partial charge on any atom is -0.464 e. The van der Waals surface area contributed by atoms with Crippen LogP contribution in [0.2, 0.25) is 0 Å². The maximum absolute atomic E-state index is 12.9. The first-order valence-electron chi connectivity index (χ1n) is 7.95. The van der Waals surface area contributed by atoms with Crippen molar-refractivity contribution >= 4 is 23.2 Å². The van der Waals surface area contributed by atoms with Crippen LogP contribution in [0.1, 0.15) is 35.1 Å². The highest BCUT2D eigenvalue weighted by molar-refractivity contribution is 7.17. The summed E-state index contributed by atoms with van der Waals surface area (Å²) in [5, 5.41) is 4.90. The zero-order valence-corrected chi connectivity index (χ0v) is 14.8. The number of rotatable bonds is 4. The maximum atomic E-state index is 12.9. The topological polar surface area (TPSA) is 77.3 Å². The van der Waals surface area contributed by atoms with Crippen LogP contribution in [0.4, 0.5) is 0 Å². The van der Waals surface area contributed by atoms with E-state index in [2.05, 4.69) is 10.1 Å². The number of carbonyl (C=O) groups excluding carboxylic acids is 2. The fourth-order valence-electron chi connectivity index (χ4n) is 2.87. The third-order valence-electron chi connectivity index (χ3n) is 4.01. The molecule has 128 valence electrons. The van der Waals surface area contributed by atoms with Crippen LogP contribution in [0.25, 0.3) is 10.6 Å². The summed E-state index contributed by atoms with van der Waals surface area (Å²) in [5.74, 6) is -0.464. The van der Waals surface area contributed by atoms with Crippen LogP contribution in [0, 0.1) is 6.92 Å². The molecule has 8 heteroatoms. The van der Waals surface area contributed by atoms with Crippen LogP contribution in [0.3, 0.4) is 0 Å². The number of ether oxygens (including phenoxy) is 1. The van der Waals surface area contributed by atoms with Crippen molar-refractivity contribution in [2.45, 2.75) is 32.7 Å². The van der Waals surface area contributed by atoms with Crippen LogP contribution in [0.15, 0.2) is 12.4 Å². The monoisotopic (exact) mass is 348 g/mol. The van der Waals surface area contributed by atoms with Crippen molar-refractivity contribution in [2.24, 2.45) is 7.05 Å². The molecule has 1 amide bonds. The Morgan fingerprint density at radius 1 is 1.46 bits per heavy atom. The highest BCUT2D eigenvalue weighted by Gasteiger charge is 2.36. The van der Waals surface area contributed by atoms with Crippen LogP contribution >= 0.6 is 11.3 Å². The third kappa shape index (κ3) is 3.06. The average molecular weight is 348 g/mol. The third-order valence-corrected chi connectivity index (χ3v) is 5.21. The lowest BCUT2D eigenvalue weighted by Crippen LogP contribution is -2.41. The molecule has 1 atom stereocenters. The maximum Gasteiger partial charge on any atom is 0.328 e. The zero-order valence-electron chi connectivity index (χ0n) is 14.0. The number of esters is 1. The molecule has 0 saturated carbocycles. The van der Waals surface area contributed by atoms with Gasteiger partial charge in [-0.15, -0.1) is 11.3 Å². The molecule has 2 aromatic rings. The number of carbonyl (C=O) groups is 2. The fourth-order valence-corrected chi connectivity index (χ4v) is 3.87. The van der Waals surface area contributed by atoms with Crippen LogP contribution < -0.4 is 0 Å². The van der Waals surface area contributed by atoms with E-state index >= 15 is 0 Å². The van der Waals surface area contributed by atoms with E-state index < -0.39 is 6.04 Å². The van der Waals surface area contributed by atoms with Gasteiger partial charge in [0.2, 0.25) is 0 Å². The van der Waals surface area contributed by atoms with E-state index in [0.717, 1.165) is 17.0 Å². The summed E-state index contributed by atoms with van der Waals surface area (Å²) in [6.45, 7) is 4.48. The van der Waals surface area contributed by atoms with E-state index in [-0.39, 0.29) is 11.9 Å². The summed E-state index contributed by atoms with van der Waals surface area (Å²) in [7, 11) is 1.84. The second-order valence-corrected chi connectivity index (χ2v) is 6.74. The van der Waals surface area contributed by atoms with E-state index in [9.17, 15) is 9.59 Å². The van der Waals surface area contributed by atoms with Gasteiger partial charge in [-0.3, -0.25) is 9.48 Å². The van der Waals surface area contributed by atoms with Crippen LogP contribution in [0.5, 0.6) is 0 Å². The Kier molecular flexibility index (Phi) is 4.66. The molecule has 1 aliphatic rings. The van der Waals surface area contributed by atoms with Crippen molar-refractivity contribution in [3.8, 4) is 10.6 Å². The number of nitrogens with zero attached hydrogens (tertiary/aromatic N) is 4. The Morgan fingerprint density at radius 3 is 2.92 bits per heavy atom. The Labute approximate surface area is 144 Å². The average Bonchev–Trinajstić information content (AvgIpc) is 3.25. The minimum atomic E-state index is -0.485. The molecule has 3 heterocycles. The molecule has 0 radical (unpaired) electrons. The van der Waals surface area contributed by atoms with Crippen molar-refractivity contribution in [1.29, 1.82) is 0 Å². The molecular weight excluding hydrogens is 328 g/mol. The molecule has 0 bridgehead atoms. The quantitative estimate of drug-likeness (QED) is 0.790. The molecular formula is C16H20N4O3S. The number of hydrogen-bond acceptors (Lipinski definition) is 6. The molecule has 1 saturated heterocycles. The number of likely N-dealkylation sites (tertiary alicyclic amines) is 1. The molecule has 2 aromatic heterocycles. The molecule has 1 aliphatic heterocycles. The summed E-state index contributed by atoms with van der Waals surface area (Å²) in [5.41, 5.74) is 1.56. The lowest BCUT2D eigenvalue weighted by molar-refractivity contribution is -0.147. The first-order chi connectivity index (χ1) is 11.5. The molecule has 0 aromatic carbocycles. The molecule has 0 N–H and O–H groups in total. The summed E-state index contributed by atoms with van der Waals surface area (Å²) < 4.78 is 6.79. The highest BCUT2D eigenvalue weighted by atomic mass is 32.1. The Morgan fingerprint density at radius 2 is 2.25 bits per heavy atom. The number of thiazole rings is 1. The molecule has 7 nitrogen and oxygen atoms in total. The van der Waals surface area contributed by atoms with E-state index in [4.69, 9.17) is 4.74 Å². The molecule has 1 fully saturated rings. The second kappa shape index (κ2) is 6.72. The van der Waals surface area contributed by atoms with Gasteiger partial charge in [-0.25, -0.2) is 9.78 Å². The number of aryl methyl sites for hydroxylation is 2. The van der Waals surface area contributed by atoms with Gasteiger partial charge in [0.25, 0.3) is 5.91 Å². The molecule has 24 heavy (non-hydrogen) atoms. The summed E-state index contributed by atoms with van der Waals surface area (Å²) in [6.07, 6.45) is 5.05. The van der Waals surface area contributed by atoms with Gasteiger partial charge in [0, 0.05) is 25.4 Å². The SMILES string of the molecule is CCOC(=O)C1CCCN1C(=O)c1sc(-c2cnn(C)c2)nc1C. The van der Waals surface area contributed by atoms with Gasteiger partial charge in [-0.2, -0.15) is 5.10 Å². The molecule has 1 unspecified atom stereocenters. The van der Waals surface area contributed by atoms with Crippen LogP contribution in [-0.2, 0) is 16.6 Å². The standard InChI is InChI=1S/C16H20N4O3S/c1-4-23-16(22)12-6-5-7-20(12)15(21)13-10(2)18-14(24-13)11-8-17-19(3)9-11/h8-9,12H,4-7H2,1-3H3. The largest absolute Gasteiger partial charge is 0.464 e. The number of hydrogen-bond donors (Lipinski definition) is 0. The normalized spacial score (nSPS) is 17.3. The number of amides is 1. The lowest BCUT2D eigenvalue weighted by atomic mass is 10.2. The van der Waals surface area contributed by atoms with Gasteiger partial charge >= 0.3 is 5.97 Å². The predicted molar refractivity (Wildman–Crippen MR) is 89.7 cm³/mol. The first kappa shape index (κ1) is 16.6. The van der Waals surface area contributed by atoms with Crippen molar-refractivity contribution in [3.05, 3.63) is 23.0 Å². The van der Waals surface area contributed by atoms with Crippen molar-refractivity contribution in [1.82, 2.24) is 19.7 Å². The van der Waals surface area contributed by atoms with Crippen molar-refractivity contribution in [3.63, 3.8) is 0 Å². The van der Waals surface area contributed by atoms with Crippen LogP contribution in [-0.4, -0.2) is 50.7 Å². The van der Waals surface area contributed by atoms with Gasteiger partial charge in [-0.1, -0.05) is 0 Å². The molecule has 0 spiro atoms. The Bertz CT molecular complexity index is 767. The van der Waals surface area contributed by atoms with Gasteiger partial charge in [0.15, 0.2) is 0 Å². The van der Waals surface area contributed by atoms with Gasteiger partial charge in [-0.05, 0) is 26.7 Å². The number of aromatic nitrogens is 3. The second-order valence-electron chi connectivity index (χ2n) is 5.74. The van der Waals surface area contributed by atoms with Crippen molar-refractivity contribution < 1.29 is 14.3 Å². The fraction of sp³-hybridized carbons (Fsp3) is 0.500. The predicted octanol–water partition coefficient (Wildman–Crippen LogP) is 2.02. The molecule has 3 rings (SSSR count). The molecule has 0 aliphatic carbocycles. The summed E-state index contributed by atoms with van der Waals surface area (Å²) in [4.78, 5) is 31.7. The van der Waals surface area contributed by atoms with Crippen molar-refractivity contribution in [2.75, 3.05) is 13.2 Å². The smallest absolute Gasteiger partial charge is 0.328 e. The van der Waals surface area contributed by atoms with E-state index in [1.54, 1.807) is 22.7 Å². The van der Waals surface area contributed by atoms with Gasteiger partial charge < -0.3 is 9.64 Å². The first-order valence-corrected chi connectivity index (χ1v) is 8.77. The minimum absolute atomic E-state index is 0.143. The van der Waals surface area contributed by atoms with Gasteiger partial charge in [0.1, 0.15) is 15.9 Å². The zero-order chi connectivity index (χ0) is 17.3. The highest BCUT2D eigenvalue weighted by Crippen LogP contribution is 2.30. The van der Waals surface area contributed by atoms with E-state index in [1.807, 2.05) is 20.2 Å². The van der Waals surface area contributed by atoms with E-state index in [0.29, 0.717) is 30.1 Å². The van der Waals surface area contributed by atoms with E-state index in [1.165, 1.54) is 11.3 Å². The Balaban J connectivity index is 1.84. The summed E-state index contributed by atoms with van der Waals surface area (Å²) >= 11 is 1.34. The summed E-state index contributed by atoms with van der Waals surface area (Å²) in [6, 6.07) is -0.485. The lowest BCUT2D eigenvalue weighted by Gasteiger charge is -2.22. The Hall–Kier alpha value is -2.22.